The van der Waals surface area contributed by atoms with Crippen LogP contribution in [0.3, 0.4) is 0 Å². The van der Waals surface area contributed by atoms with Crippen molar-refractivity contribution >= 4 is 22.5 Å². The fraction of sp³-hybridized carbons (Fsp3) is 0.407. The summed E-state index contributed by atoms with van der Waals surface area (Å²) in [6.07, 6.45) is 9.62. The predicted octanol–water partition coefficient (Wildman–Crippen LogP) is 5.24. The van der Waals surface area contributed by atoms with E-state index in [0.29, 0.717) is 29.2 Å². The first-order valence-corrected chi connectivity index (χ1v) is 12.7. The highest BCUT2D eigenvalue weighted by Gasteiger charge is 2.25. The molecule has 2 aliphatic rings. The minimum Gasteiger partial charge on any atom is -0.376 e. The molecule has 0 saturated carbocycles. The van der Waals surface area contributed by atoms with Crippen molar-refractivity contribution in [2.45, 2.75) is 50.9 Å². The molecule has 35 heavy (non-hydrogen) atoms. The number of fused-ring (bicyclic) bond motifs is 1. The molecule has 0 radical (unpaired) electrons. The Morgan fingerprint density at radius 1 is 1.09 bits per heavy atom. The average Bonchev–Trinajstić information content (AvgIpc) is 3.44. The van der Waals surface area contributed by atoms with Crippen LogP contribution in [0.2, 0.25) is 5.02 Å². The van der Waals surface area contributed by atoms with Gasteiger partial charge in [-0.15, -0.1) is 0 Å². The molecule has 2 aromatic carbocycles. The zero-order valence-electron chi connectivity index (χ0n) is 19.6. The molecule has 6 rings (SSSR count). The number of imidazole rings is 1. The van der Waals surface area contributed by atoms with Crippen molar-refractivity contribution in [3.63, 3.8) is 0 Å². The van der Waals surface area contributed by atoms with E-state index in [9.17, 15) is 4.39 Å². The summed E-state index contributed by atoms with van der Waals surface area (Å²) in [5.74, 6) is 1.29. The highest BCUT2D eigenvalue weighted by molar-refractivity contribution is 6.30. The van der Waals surface area contributed by atoms with Crippen molar-refractivity contribution in [3.05, 3.63) is 82.8 Å². The first kappa shape index (κ1) is 22.7. The fourth-order valence-electron chi connectivity index (χ4n) is 5.26. The molecule has 0 amide bonds. The lowest BCUT2D eigenvalue weighted by Crippen LogP contribution is -2.35. The molecule has 0 aliphatic carbocycles. The van der Waals surface area contributed by atoms with Crippen molar-refractivity contribution < 1.29 is 9.13 Å². The first-order chi connectivity index (χ1) is 17.1. The topological polar surface area (TPSA) is 48.1 Å². The van der Waals surface area contributed by atoms with Crippen LogP contribution in [-0.2, 0) is 24.4 Å². The SMILES string of the molecule is Fc1cc(Cl)ccc1Cn1cc2cccc(C3CCN(Cc4nccn4C[C@@H]4CCO4)CC3)c2n1. The third-order valence-corrected chi connectivity index (χ3v) is 7.59. The zero-order valence-corrected chi connectivity index (χ0v) is 20.4. The molecule has 4 heterocycles. The van der Waals surface area contributed by atoms with Gasteiger partial charge in [-0.3, -0.25) is 9.58 Å². The van der Waals surface area contributed by atoms with E-state index in [4.69, 9.17) is 21.4 Å². The summed E-state index contributed by atoms with van der Waals surface area (Å²) < 4.78 is 24.0. The lowest BCUT2D eigenvalue weighted by molar-refractivity contribution is -0.0598. The fourth-order valence-corrected chi connectivity index (χ4v) is 5.42. The van der Waals surface area contributed by atoms with E-state index in [2.05, 4.69) is 38.8 Å². The Balaban J connectivity index is 1.13. The average molecular weight is 494 g/mol. The van der Waals surface area contributed by atoms with Gasteiger partial charge in [-0.1, -0.05) is 35.9 Å². The number of nitrogens with zero attached hydrogens (tertiary/aromatic N) is 5. The molecule has 1 atom stereocenters. The molecule has 0 N–H and O–H groups in total. The molecular formula is C27H29ClFN5O. The van der Waals surface area contributed by atoms with Gasteiger partial charge in [-0.05, 0) is 56.0 Å². The van der Waals surface area contributed by atoms with E-state index in [1.54, 1.807) is 12.1 Å². The van der Waals surface area contributed by atoms with Crippen molar-refractivity contribution in [3.8, 4) is 0 Å². The lowest BCUT2D eigenvalue weighted by Gasteiger charge is -2.32. The van der Waals surface area contributed by atoms with Gasteiger partial charge in [0.2, 0.25) is 0 Å². The van der Waals surface area contributed by atoms with Crippen LogP contribution in [-0.4, -0.2) is 50.0 Å². The Bertz CT molecular complexity index is 1320. The number of hydrogen-bond acceptors (Lipinski definition) is 4. The monoisotopic (exact) mass is 493 g/mol. The molecule has 6 nitrogen and oxygen atoms in total. The maximum absolute atomic E-state index is 14.3. The second kappa shape index (κ2) is 9.72. The third kappa shape index (κ3) is 4.85. The number of aromatic nitrogens is 4. The number of halogens is 2. The van der Waals surface area contributed by atoms with Crippen LogP contribution in [0.4, 0.5) is 4.39 Å². The molecule has 0 spiro atoms. The standard InChI is InChI=1S/C27H29ClFN5O/c28-22-5-4-20(25(29)14-22)15-34-16-21-2-1-3-24(27(21)31-34)19-6-10-32(11-7-19)18-26-30-9-12-33(26)17-23-8-13-35-23/h1-5,9,12,14,16,19,23H,6-8,10-11,13,15,17-18H2/t23-/m0/s1. The minimum absolute atomic E-state index is 0.300. The number of rotatable bonds is 7. The summed E-state index contributed by atoms with van der Waals surface area (Å²) in [5, 5.41) is 6.36. The largest absolute Gasteiger partial charge is 0.376 e. The van der Waals surface area contributed by atoms with Crippen molar-refractivity contribution in [1.29, 1.82) is 0 Å². The van der Waals surface area contributed by atoms with Gasteiger partial charge < -0.3 is 9.30 Å². The van der Waals surface area contributed by atoms with E-state index in [0.717, 1.165) is 68.8 Å². The highest BCUT2D eigenvalue weighted by atomic mass is 35.5. The first-order valence-electron chi connectivity index (χ1n) is 12.4. The van der Waals surface area contributed by atoms with Crippen LogP contribution in [0.1, 0.15) is 42.1 Å². The van der Waals surface area contributed by atoms with Crippen LogP contribution in [0.15, 0.2) is 55.0 Å². The van der Waals surface area contributed by atoms with E-state index < -0.39 is 0 Å². The van der Waals surface area contributed by atoms with Gasteiger partial charge in [0.15, 0.2) is 0 Å². The van der Waals surface area contributed by atoms with E-state index >= 15 is 0 Å². The summed E-state index contributed by atoms with van der Waals surface area (Å²) in [5.41, 5.74) is 2.90. The van der Waals surface area contributed by atoms with Crippen LogP contribution >= 0.6 is 11.6 Å². The van der Waals surface area contributed by atoms with Crippen molar-refractivity contribution in [1.82, 2.24) is 24.2 Å². The third-order valence-electron chi connectivity index (χ3n) is 7.35. The van der Waals surface area contributed by atoms with Crippen LogP contribution in [0.25, 0.3) is 10.9 Å². The van der Waals surface area contributed by atoms with E-state index in [1.165, 1.54) is 11.6 Å². The van der Waals surface area contributed by atoms with E-state index in [-0.39, 0.29) is 5.82 Å². The van der Waals surface area contributed by atoms with Crippen molar-refractivity contribution in [2.24, 2.45) is 0 Å². The number of benzene rings is 2. The molecule has 8 heteroatoms. The molecule has 2 saturated heterocycles. The molecule has 2 aromatic heterocycles. The second-order valence-corrected chi connectivity index (χ2v) is 10.1. The van der Waals surface area contributed by atoms with Crippen LogP contribution < -0.4 is 0 Å². The Morgan fingerprint density at radius 3 is 2.71 bits per heavy atom. The molecule has 4 aromatic rings. The Kier molecular flexibility index (Phi) is 6.31. The van der Waals surface area contributed by atoms with Gasteiger partial charge in [0.1, 0.15) is 11.6 Å². The van der Waals surface area contributed by atoms with Crippen molar-refractivity contribution in [2.75, 3.05) is 19.7 Å². The zero-order chi connectivity index (χ0) is 23.8. The summed E-state index contributed by atoms with van der Waals surface area (Å²) in [4.78, 5) is 7.11. The summed E-state index contributed by atoms with van der Waals surface area (Å²) in [6, 6.07) is 11.2. The molecular weight excluding hydrogens is 465 g/mol. The molecule has 2 aliphatic heterocycles. The molecule has 182 valence electrons. The van der Waals surface area contributed by atoms with Gasteiger partial charge in [-0.25, -0.2) is 9.37 Å². The summed E-state index contributed by atoms with van der Waals surface area (Å²) in [7, 11) is 0. The van der Waals surface area contributed by atoms with Crippen LogP contribution in [0, 0.1) is 5.82 Å². The Labute approximate surface area is 209 Å². The lowest BCUT2D eigenvalue weighted by atomic mass is 9.88. The maximum atomic E-state index is 14.3. The number of ether oxygens (including phenoxy) is 1. The normalized spacial score (nSPS) is 19.3. The predicted molar refractivity (Wildman–Crippen MR) is 134 cm³/mol. The van der Waals surface area contributed by atoms with Crippen LogP contribution in [0.5, 0.6) is 0 Å². The maximum Gasteiger partial charge on any atom is 0.129 e. The van der Waals surface area contributed by atoms with Gasteiger partial charge in [0, 0.05) is 41.2 Å². The van der Waals surface area contributed by atoms with Gasteiger partial charge in [0.05, 0.1) is 31.3 Å². The minimum atomic E-state index is -0.300. The van der Waals surface area contributed by atoms with Gasteiger partial charge >= 0.3 is 0 Å². The quantitative estimate of drug-likeness (QED) is 0.353. The van der Waals surface area contributed by atoms with Gasteiger partial charge in [0.25, 0.3) is 0 Å². The summed E-state index contributed by atoms with van der Waals surface area (Å²) >= 11 is 5.90. The molecule has 0 unspecified atom stereocenters. The summed E-state index contributed by atoms with van der Waals surface area (Å²) in [6.45, 7) is 5.10. The molecule has 2 fully saturated rings. The Morgan fingerprint density at radius 2 is 1.94 bits per heavy atom. The highest BCUT2D eigenvalue weighted by Crippen LogP contribution is 2.33. The second-order valence-electron chi connectivity index (χ2n) is 9.68. The van der Waals surface area contributed by atoms with E-state index in [1.807, 2.05) is 17.1 Å². The number of piperidine rings is 1. The number of likely N-dealkylation sites (tertiary alicyclic amines) is 1. The smallest absolute Gasteiger partial charge is 0.129 e. The molecule has 0 bridgehead atoms. The Hall–Kier alpha value is -2.74. The van der Waals surface area contributed by atoms with Gasteiger partial charge in [-0.2, -0.15) is 5.10 Å². The number of hydrogen-bond donors (Lipinski definition) is 0.